The van der Waals surface area contributed by atoms with Crippen LogP contribution in [0.15, 0.2) is 47.4 Å². The van der Waals surface area contributed by atoms with Gasteiger partial charge < -0.3 is 19.5 Å². The Bertz CT molecular complexity index is 1350. The van der Waals surface area contributed by atoms with E-state index < -0.39 is 10.0 Å². The summed E-state index contributed by atoms with van der Waals surface area (Å²) in [5.41, 5.74) is 2.74. The van der Waals surface area contributed by atoms with E-state index in [0.29, 0.717) is 52.7 Å². The molecule has 1 saturated carbocycles. The highest BCUT2D eigenvalue weighted by Crippen LogP contribution is 2.35. The highest BCUT2D eigenvalue weighted by Gasteiger charge is 2.37. The first kappa shape index (κ1) is 34.8. The predicted molar refractivity (Wildman–Crippen MR) is 180 cm³/mol. The van der Waals surface area contributed by atoms with Crippen molar-refractivity contribution >= 4 is 15.9 Å². The van der Waals surface area contributed by atoms with Crippen LogP contribution in [-0.2, 0) is 30.7 Å². The number of hydrogen-bond donors (Lipinski definition) is 1. The van der Waals surface area contributed by atoms with Crippen LogP contribution in [-0.4, -0.2) is 95.3 Å². The molecule has 46 heavy (non-hydrogen) atoms. The van der Waals surface area contributed by atoms with Crippen LogP contribution in [0.25, 0.3) is 0 Å². The number of methoxy groups -OCH3 is 1. The van der Waals surface area contributed by atoms with Crippen molar-refractivity contribution in [2.75, 3.05) is 59.7 Å². The van der Waals surface area contributed by atoms with Gasteiger partial charge in [0.05, 0.1) is 31.8 Å². The lowest BCUT2D eigenvalue weighted by atomic mass is 9.76. The van der Waals surface area contributed by atoms with E-state index in [-0.39, 0.29) is 25.2 Å². The second-order valence-corrected chi connectivity index (χ2v) is 15.2. The van der Waals surface area contributed by atoms with E-state index in [1.54, 1.807) is 37.4 Å². The highest BCUT2D eigenvalue weighted by molar-refractivity contribution is 7.89. The van der Waals surface area contributed by atoms with Crippen molar-refractivity contribution in [3.63, 3.8) is 0 Å². The number of amides is 1. The molecule has 2 saturated heterocycles. The number of nitrogens with one attached hydrogen (secondary N) is 1. The number of carbonyl (C=O) groups is 1. The molecule has 3 fully saturated rings. The molecule has 0 spiro atoms. The van der Waals surface area contributed by atoms with Gasteiger partial charge in [-0.05, 0) is 106 Å². The zero-order valence-corrected chi connectivity index (χ0v) is 28.7. The Hall–Kier alpha value is -2.50. The predicted octanol–water partition coefficient (Wildman–Crippen LogP) is 4.74. The summed E-state index contributed by atoms with van der Waals surface area (Å²) in [5.74, 6) is 1.66. The first-order valence-electron chi connectivity index (χ1n) is 17.1. The monoisotopic (exact) mass is 655 g/mol. The van der Waals surface area contributed by atoms with Crippen LogP contribution in [0, 0.1) is 25.7 Å². The average Bonchev–Trinajstić information content (AvgIpc) is 3.55. The number of aryl methyl sites for hydroxylation is 3. The molecule has 5 rings (SSSR count). The second-order valence-electron chi connectivity index (χ2n) is 13.3. The third kappa shape index (κ3) is 8.89. The number of sulfonamides is 1. The summed E-state index contributed by atoms with van der Waals surface area (Å²) in [6.07, 6.45) is 8.38. The van der Waals surface area contributed by atoms with Gasteiger partial charge in [-0.3, -0.25) is 9.69 Å². The molecule has 254 valence electrons. The van der Waals surface area contributed by atoms with Crippen LogP contribution < -0.4 is 10.1 Å². The van der Waals surface area contributed by atoms with Gasteiger partial charge in [0.2, 0.25) is 15.9 Å². The van der Waals surface area contributed by atoms with E-state index in [1.165, 1.54) is 24.8 Å². The summed E-state index contributed by atoms with van der Waals surface area (Å²) in [5, 5.41) is 3.09. The lowest BCUT2D eigenvalue weighted by molar-refractivity contribution is -0.126. The molecule has 2 heterocycles. The highest BCUT2D eigenvalue weighted by atomic mass is 32.2. The van der Waals surface area contributed by atoms with Crippen LogP contribution in [0.5, 0.6) is 5.75 Å². The van der Waals surface area contributed by atoms with Crippen LogP contribution in [0.3, 0.4) is 0 Å². The van der Waals surface area contributed by atoms with Crippen molar-refractivity contribution in [3.8, 4) is 5.75 Å². The molecule has 0 aromatic heterocycles. The molecule has 2 unspecified atom stereocenters. The summed E-state index contributed by atoms with van der Waals surface area (Å²) >= 11 is 0. The van der Waals surface area contributed by atoms with Crippen LogP contribution in [0.4, 0.5) is 0 Å². The fourth-order valence-corrected chi connectivity index (χ4v) is 9.90. The van der Waals surface area contributed by atoms with Crippen molar-refractivity contribution in [2.45, 2.75) is 82.2 Å². The first-order chi connectivity index (χ1) is 22.3. The SMILES string of the molecule is COc1cc(C)c(S(=O)(=O)N2CCCC2COCC(=O)NCC2CCC(C(CCc3ccccc3)N3CCOCC3)CC2)c(C)c1. The fourth-order valence-electron chi connectivity index (χ4n) is 7.80. The summed E-state index contributed by atoms with van der Waals surface area (Å²) in [6, 6.07) is 14.6. The van der Waals surface area contributed by atoms with Crippen LogP contribution >= 0.6 is 0 Å². The summed E-state index contributed by atoms with van der Waals surface area (Å²) < 4.78 is 45.6. The maximum Gasteiger partial charge on any atom is 0.246 e. The van der Waals surface area contributed by atoms with Crippen molar-refractivity contribution < 1.29 is 27.4 Å². The quantitative estimate of drug-likeness (QED) is 0.314. The molecule has 1 N–H and O–H groups in total. The van der Waals surface area contributed by atoms with Gasteiger partial charge in [-0.25, -0.2) is 8.42 Å². The minimum atomic E-state index is -3.70. The number of ether oxygens (including phenoxy) is 3. The molecule has 0 bridgehead atoms. The summed E-state index contributed by atoms with van der Waals surface area (Å²) in [4.78, 5) is 15.7. The van der Waals surface area contributed by atoms with Crippen LogP contribution in [0.2, 0.25) is 0 Å². The lowest BCUT2D eigenvalue weighted by Gasteiger charge is -2.42. The Morgan fingerprint density at radius 3 is 2.37 bits per heavy atom. The number of carbonyl (C=O) groups excluding carboxylic acids is 1. The molecular weight excluding hydrogens is 602 g/mol. The molecule has 2 aliphatic heterocycles. The topological polar surface area (TPSA) is 97.4 Å². The van der Waals surface area contributed by atoms with Gasteiger partial charge in [-0.2, -0.15) is 4.31 Å². The van der Waals surface area contributed by atoms with Gasteiger partial charge in [-0.1, -0.05) is 30.3 Å². The third-order valence-electron chi connectivity index (χ3n) is 10.2. The zero-order chi connectivity index (χ0) is 32.5. The van der Waals surface area contributed by atoms with E-state index >= 15 is 0 Å². The number of benzene rings is 2. The molecule has 2 aromatic carbocycles. The Balaban J connectivity index is 1.05. The maximum atomic E-state index is 13.7. The second kappa shape index (κ2) is 16.6. The van der Waals surface area contributed by atoms with Crippen molar-refractivity contribution in [3.05, 3.63) is 59.2 Å². The summed E-state index contributed by atoms with van der Waals surface area (Å²) in [7, 11) is -2.12. The van der Waals surface area contributed by atoms with E-state index in [9.17, 15) is 13.2 Å². The van der Waals surface area contributed by atoms with Gasteiger partial charge in [0.1, 0.15) is 12.4 Å². The van der Waals surface area contributed by atoms with Gasteiger partial charge in [0.15, 0.2) is 0 Å². The van der Waals surface area contributed by atoms with Crippen molar-refractivity contribution in [2.24, 2.45) is 11.8 Å². The molecule has 1 aliphatic carbocycles. The lowest BCUT2D eigenvalue weighted by Crippen LogP contribution is -2.48. The maximum absolute atomic E-state index is 13.7. The third-order valence-corrected chi connectivity index (χ3v) is 12.5. The number of nitrogens with zero attached hydrogens (tertiary/aromatic N) is 2. The molecule has 2 aromatic rings. The molecule has 3 aliphatic rings. The van der Waals surface area contributed by atoms with Crippen molar-refractivity contribution in [1.29, 1.82) is 0 Å². The molecular formula is C36H53N3O6S. The Morgan fingerprint density at radius 2 is 1.70 bits per heavy atom. The largest absolute Gasteiger partial charge is 0.497 e. The van der Waals surface area contributed by atoms with Gasteiger partial charge >= 0.3 is 0 Å². The number of hydrogen-bond acceptors (Lipinski definition) is 7. The van der Waals surface area contributed by atoms with Gasteiger partial charge in [0, 0.05) is 38.3 Å². The van der Waals surface area contributed by atoms with Crippen molar-refractivity contribution in [1.82, 2.24) is 14.5 Å². The average molecular weight is 656 g/mol. The zero-order valence-electron chi connectivity index (χ0n) is 27.9. The molecule has 9 nitrogen and oxygen atoms in total. The molecule has 10 heteroatoms. The van der Waals surface area contributed by atoms with E-state index in [2.05, 4.69) is 40.5 Å². The number of morpholine rings is 1. The smallest absolute Gasteiger partial charge is 0.246 e. The Labute approximate surface area is 276 Å². The van der Waals surface area contributed by atoms with E-state index in [0.717, 1.165) is 58.4 Å². The van der Waals surface area contributed by atoms with E-state index in [4.69, 9.17) is 14.2 Å². The first-order valence-corrected chi connectivity index (χ1v) is 18.6. The molecule has 2 atom stereocenters. The molecule has 1 amide bonds. The van der Waals surface area contributed by atoms with Gasteiger partial charge in [0.25, 0.3) is 0 Å². The summed E-state index contributed by atoms with van der Waals surface area (Å²) in [6.45, 7) is 8.54. The Kier molecular flexibility index (Phi) is 12.5. The van der Waals surface area contributed by atoms with Crippen LogP contribution in [0.1, 0.15) is 61.6 Å². The number of rotatable bonds is 14. The molecule has 0 radical (unpaired) electrons. The fraction of sp³-hybridized carbons (Fsp3) is 0.639. The van der Waals surface area contributed by atoms with E-state index in [1.807, 2.05) is 0 Å². The van der Waals surface area contributed by atoms with Gasteiger partial charge in [-0.15, -0.1) is 0 Å². The Morgan fingerprint density at radius 1 is 1.00 bits per heavy atom. The standard InChI is InChI=1S/C36H53N3O6S/c1-27-22-33(43-3)23-28(2)36(27)46(41,42)39-17-7-10-32(39)25-45-26-35(40)37-24-30-11-14-31(15-12-30)34(38-18-20-44-21-19-38)16-13-29-8-5-4-6-9-29/h4-6,8-9,22-23,30-32,34H,7,10-21,24-26H2,1-3H3,(H,37,40). The normalized spacial score (nSPS) is 23.7. The minimum absolute atomic E-state index is 0.0566. The minimum Gasteiger partial charge on any atom is -0.497 e.